The van der Waals surface area contributed by atoms with Gasteiger partial charge in [-0.25, -0.2) is 9.13 Å². The van der Waals surface area contributed by atoms with Gasteiger partial charge in [0, 0.05) is 0 Å². The fourth-order valence-electron chi connectivity index (χ4n) is 6.98. The van der Waals surface area contributed by atoms with Crippen LogP contribution in [-0.4, -0.2) is 4.57 Å². The van der Waals surface area contributed by atoms with Gasteiger partial charge in [-0.1, -0.05) is 93.5 Å². The van der Waals surface area contributed by atoms with E-state index in [1.54, 1.807) is 0 Å². The molecule has 2 nitrogen and oxygen atoms in total. The van der Waals surface area contributed by atoms with E-state index in [9.17, 15) is 0 Å². The van der Waals surface area contributed by atoms with Crippen molar-refractivity contribution in [2.45, 2.75) is 121 Å². The normalized spacial score (nSPS) is 13.0. The molecule has 0 unspecified atom stereocenters. The molecular formula is C35H53ClN2. The summed E-state index contributed by atoms with van der Waals surface area (Å²) in [5, 5.41) is 0. The molecule has 0 spiro atoms. The van der Waals surface area contributed by atoms with Gasteiger partial charge in [-0.15, -0.1) is 0 Å². The molecule has 3 rings (SSSR count). The van der Waals surface area contributed by atoms with E-state index >= 15 is 0 Å². The maximum atomic E-state index is 2.40. The van der Waals surface area contributed by atoms with Crippen LogP contribution in [0.5, 0.6) is 0 Å². The molecule has 1 heterocycles. The number of rotatable bonds is 6. The third-order valence-electron chi connectivity index (χ3n) is 7.64. The van der Waals surface area contributed by atoms with Gasteiger partial charge in [-0.05, 0) is 95.6 Å². The molecular weight excluding hydrogens is 484 g/mol. The maximum absolute atomic E-state index is 2.40. The quantitative estimate of drug-likeness (QED) is 0.321. The zero-order valence-electron chi connectivity index (χ0n) is 26.7. The molecule has 0 saturated heterocycles. The van der Waals surface area contributed by atoms with Gasteiger partial charge in [0.05, 0.1) is 0 Å². The second-order valence-corrected chi connectivity index (χ2v) is 15.4. The first-order valence-electron chi connectivity index (χ1n) is 14.0. The number of benzene rings is 2. The number of hydrogen-bond donors (Lipinski definition) is 0. The van der Waals surface area contributed by atoms with E-state index < -0.39 is 0 Å². The number of hydrogen-bond acceptors (Lipinski definition) is 0. The van der Waals surface area contributed by atoms with E-state index in [0.717, 1.165) is 12.8 Å². The summed E-state index contributed by atoms with van der Waals surface area (Å²) in [6.45, 7) is 32.6. The molecule has 0 bridgehead atoms. The molecule has 38 heavy (non-hydrogen) atoms. The van der Waals surface area contributed by atoms with Gasteiger partial charge in [0.25, 0.3) is 6.33 Å². The summed E-state index contributed by atoms with van der Waals surface area (Å²) in [4.78, 5) is 0. The molecule has 0 radical (unpaired) electrons. The molecule has 3 heteroatoms. The predicted molar refractivity (Wildman–Crippen MR) is 160 cm³/mol. The number of aryl methyl sites for hydroxylation is 4. The monoisotopic (exact) mass is 536 g/mol. The molecule has 0 aliphatic carbocycles. The topological polar surface area (TPSA) is 8.81 Å². The van der Waals surface area contributed by atoms with Crippen molar-refractivity contribution in [3.05, 3.63) is 76.4 Å². The predicted octanol–water partition coefficient (Wildman–Crippen LogP) is 6.42. The number of imidazole rings is 1. The Bertz CT molecular complexity index is 1130. The molecule has 1 aromatic heterocycles. The molecule has 0 N–H and O–H groups in total. The minimum atomic E-state index is 0. The average Bonchev–Trinajstić information content (AvgIpc) is 3.12. The van der Waals surface area contributed by atoms with Crippen molar-refractivity contribution < 1.29 is 17.0 Å². The lowest BCUT2D eigenvalue weighted by molar-refractivity contribution is -0.595. The van der Waals surface area contributed by atoms with Gasteiger partial charge in [-0.3, -0.25) is 0 Å². The van der Waals surface area contributed by atoms with Crippen molar-refractivity contribution in [3.8, 4) is 11.4 Å². The number of aromatic nitrogens is 2. The summed E-state index contributed by atoms with van der Waals surface area (Å²) < 4.78 is 4.59. The van der Waals surface area contributed by atoms with Crippen molar-refractivity contribution in [3.63, 3.8) is 0 Å². The van der Waals surface area contributed by atoms with Gasteiger partial charge in [0.2, 0.25) is 0 Å². The Morgan fingerprint density at radius 2 is 0.974 bits per heavy atom. The minimum Gasteiger partial charge on any atom is -1.00 e. The highest BCUT2D eigenvalue weighted by Gasteiger charge is 2.30. The second-order valence-electron chi connectivity index (χ2n) is 15.4. The number of halogens is 1. The smallest absolute Gasteiger partial charge is 0.254 e. The van der Waals surface area contributed by atoms with Crippen LogP contribution in [0.1, 0.15) is 115 Å². The lowest BCUT2D eigenvalue weighted by Crippen LogP contribution is -3.00. The largest absolute Gasteiger partial charge is 1.00 e. The van der Waals surface area contributed by atoms with Gasteiger partial charge in [0.1, 0.15) is 23.8 Å². The average molecular weight is 537 g/mol. The van der Waals surface area contributed by atoms with E-state index in [0.29, 0.717) is 10.8 Å². The van der Waals surface area contributed by atoms with Crippen molar-refractivity contribution in [2.24, 2.45) is 10.8 Å². The highest BCUT2D eigenvalue weighted by Crippen LogP contribution is 2.39. The van der Waals surface area contributed by atoms with Gasteiger partial charge >= 0.3 is 0 Å². The van der Waals surface area contributed by atoms with Crippen molar-refractivity contribution >= 4 is 0 Å². The first-order valence-corrected chi connectivity index (χ1v) is 14.0. The fraction of sp³-hybridized carbons (Fsp3) is 0.571. The molecule has 0 aliphatic heterocycles. The van der Waals surface area contributed by atoms with Crippen LogP contribution in [0, 0.1) is 38.5 Å². The maximum Gasteiger partial charge on any atom is 0.254 e. The number of nitrogens with zero attached hydrogens (tertiary/aromatic N) is 2. The van der Waals surface area contributed by atoms with Crippen LogP contribution in [0.4, 0.5) is 0 Å². The first-order chi connectivity index (χ1) is 16.7. The fourth-order valence-corrected chi connectivity index (χ4v) is 6.98. The van der Waals surface area contributed by atoms with E-state index in [2.05, 4.69) is 149 Å². The zero-order chi connectivity index (χ0) is 28.1. The second kappa shape index (κ2) is 10.8. The Balaban J connectivity index is 0.00000507. The minimum absolute atomic E-state index is 0. The van der Waals surface area contributed by atoms with Crippen molar-refractivity contribution in [2.75, 3.05) is 0 Å². The van der Waals surface area contributed by atoms with E-state index in [1.165, 1.54) is 44.8 Å². The van der Waals surface area contributed by atoms with E-state index in [4.69, 9.17) is 0 Å². The molecule has 210 valence electrons. The Labute approximate surface area is 240 Å². The molecule has 0 saturated carbocycles. The Morgan fingerprint density at radius 3 is 1.34 bits per heavy atom. The third kappa shape index (κ3) is 7.32. The third-order valence-corrected chi connectivity index (χ3v) is 7.64. The summed E-state index contributed by atoms with van der Waals surface area (Å²) >= 11 is 0. The van der Waals surface area contributed by atoms with Crippen LogP contribution < -0.4 is 17.0 Å². The molecule has 2 aromatic carbocycles. The SMILES string of the molecule is Cc1cc(C(C)(C)CC(C)(C)C)cc(C)c1-n1cc[n+](-c2c(C)cc(C(C)(C)CC(C)(C)C)cc2C)c1.[Cl-]. The Kier molecular flexibility index (Phi) is 9.17. The molecule has 3 aromatic rings. The van der Waals surface area contributed by atoms with Crippen molar-refractivity contribution in [1.29, 1.82) is 0 Å². The van der Waals surface area contributed by atoms with Crippen LogP contribution in [0.25, 0.3) is 11.4 Å². The highest BCUT2D eigenvalue weighted by molar-refractivity contribution is 5.51. The zero-order valence-corrected chi connectivity index (χ0v) is 27.5. The van der Waals surface area contributed by atoms with Gasteiger partial charge in [-0.2, -0.15) is 0 Å². The van der Waals surface area contributed by atoms with Crippen LogP contribution >= 0.6 is 0 Å². The lowest BCUT2D eigenvalue weighted by Gasteiger charge is -2.33. The summed E-state index contributed by atoms with van der Waals surface area (Å²) in [7, 11) is 0. The lowest BCUT2D eigenvalue weighted by atomic mass is 9.71. The Hall–Kier alpha value is -2.06. The van der Waals surface area contributed by atoms with Crippen LogP contribution in [0.3, 0.4) is 0 Å². The van der Waals surface area contributed by atoms with Crippen molar-refractivity contribution in [1.82, 2.24) is 4.57 Å². The molecule has 0 aliphatic rings. The Morgan fingerprint density at radius 1 is 0.605 bits per heavy atom. The van der Waals surface area contributed by atoms with E-state index in [1.807, 2.05) is 0 Å². The standard InChI is InChI=1S/C35H53N2.ClH/c1-24-17-28(34(11,12)21-32(5,6)7)18-25(2)30(24)36-15-16-37(23-36)31-26(3)19-29(20-27(31)4)35(13,14)22-33(8,9)10;/h15-20,23H,21-22H2,1-14H3;1H/q+1;/p-1. The summed E-state index contributed by atoms with van der Waals surface area (Å²) in [6, 6.07) is 9.62. The van der Waals surface area contributed by atoms with Crippen LogP contribution in [0.15, 0.2) is 43.0 Å². The first kappa shape index (κ1) is 32.2. The van der Waals surface area contributed by atoms with Crippen LogP contribution in [-0.2, 0) is 10.8 Å². The molecule has 0 atom stereocenters. The molecule has 0 fully saturated rings. The van der Waals surface area contributed by atoms with Gasteiger partial charge in [0.15, 0.2) is 0 Å². The summed E-state index contributed by atoms with van der Waals surface area (Å²) in [6.07, 6.45) is 8.95. The van der Waals surface area contributed by atoms with Gasteiger partial charge < -0.3 is 12.4 Å². The summed E-state index contributed by atoms with van der Waals surface area (Å²) in [5.41, 5.74) is 11.6. The van der Waals surface area contributed by atoms with Crippen LogP contribution in [0.2, 0.25) is 0 Å². The highest BCUT2D eigenvalue weighted by atomic mass is 35.5. The molecule has 0 amide bonds. The summed E-state index contributed by atoms with van der Waals surface area (Å²) in [5.74, 6) is 0. The van der Waals surface area contributed by atoms with E-state index in [-0.39, 0.29) is 23.2 Å².